The largest absolute Gasteiger partial charge is 0.357 e. The van der Waals surface area contributed by atoms with Crippen molar-refractivity contribution in [2.24, 2.45) is 4.99 Å². The quantitative estimate of drug-likeness (QED) is 0.483. The number of nitrogens with zero attached hydrogens (tertiary/aromatic N) is 4. The highest BCUT2D eigenvalue weighted by molar-refractivity contribution is 5.79. The predicted octanol–water partition coefficient (Wildman–Crippen LogP) is 2.99. The van der Waals surface area contributed by atoms with Crippen LogP contribution < -0.4 is 5.32 Å². The van der Waals surface area contributed by atoms with E-state index in [2.05, 4.69) is 71.2 Å². The van der Waals surface area contributed by atoms with Crippen molar-refractivity contribution in [2.75, 3.05) is 20.1 Å². The summed E-state index contributed by atoms with van der Waals surface area (Å²) in [5, 5.41) is 7.87. The van der Waals surface area contributed by atoms with Crippen LogP contribution in [0.25, 0.3) is 0 Å². The third-order valence-electron chi connectivity index (χ3n) is 3.85. The fraction of sp³-hybridized carbons (Fsp3) is 0.474. The standard InChI is InChI=1S/C19H29N5/c1-5-20-19(23(4)15-18-10-7-6-8-11-18)21-12-9-13-24-17(3)14-16(2)22-24/h6-8,10-11,14H,5,9,12-13,15H2,1-4H3,(H,20,21). The van der Waals surface area contributed by atoms with Crippen LogP contribution in [-0.4, -0.2) is 40.8 Å². The molecule has 0 bridgehead atoms. The first-order valence-corrected chi connectivity index (χ1v) is 8.64. The maximum Gasteiger partial charge on any atom is 0.193 e. The van der Waals surface area contributed by atoms with Gasteiger partial charge in [0.05, 0.1) is 5.69 Å². The van der Waals surface area contributed by atoms with E-state index in [1.165, 1.54) is 11.3 Å². The second kappa shape index (κ2) is 9.11. The molecule has 5 nitrogen and oxygen atoms in total. The molecule has 1 N–H and O–H groups in total. The normalized spacial score (nSPS) is 11.6. The lowest BCUT2D eigenvalue weighted by Crippen LogP contribution is -2.38. The zero-order chi connectivity index (χ0) is 17.4. The molecule has 0 radical (unpaired) electrons. The molecule has 2 aromatic rings. The van der Waals surface area contributed by atoms with Crippen LogP contribution in [0.4, 0.5) is 0 Å². The monoisotopic (exact) mass is 327 g/mol. The second-order valence-corrected chi connectivity index (χ2v) is 6.08. The minimum Gasteiger partial charge on any atom is -0.357 e. The van der Waals surface area contributed by atoms with Crippen molar-refractivity contribution in [3.8, 4) is 0 Å². The maximum atomic E-state index is 4.75. The van der Waals surface area contributed by atoms with E-state index >= 15 is 0 Å². The number of nitrogens with one attached hydrogen (secondary N) is 1. The molecule has 0 aliphatic carbocycles. The zero-order valence-electron chi connectivity index (χ0n) is 15.3. The summed E-state index contributed by atoms with van der Waals surface area (Å²) in [7, 11) is 2.08. The first-order valence-electron chi connectivity index (χ1n) is 8.64. The van der Waals surface area contributed by atoms with Crippen molar-refractivity contribution < 1.29 is 0 Å². The average molecular weight is 327 g/mol. The second-order valence-electron chi connectivity index (χ2n) is 6.08. The minimum atomic E-state index is 0.791. The first-order chi connectivity index (χ1) is 11.6. The van der Waals surface area contributed by atoms with E-state index in [0.717, 1.165) is 44.3 Å². The van der Waals surface area contributed by atoms with E-state index in [1.54, 1.807) is 0 Å². The van der Waals surface area contributed by atoms with Gasteiger partial charge in [-0.1, -0.05) is 30.3 Å². The lowest BCUT2D eigenvalue weighted by molar-refractivity contribution is 0.474. The van der Waals surface area contributed by atoms with Crippen LogP contribution in [0.15, 0.2) is 41.4 Å². The van der Waals surface area contributed by atoms with E-state index in [-0.39, 0.29) is 0 Å². The molecule has 0 aliphatic rings. The lowest BCUT2D eigenvalue weighted by Gasteiger charge is -2.22. The number of aliphatic imine (C=N–C) groups is 1. The lowest BCUT2D eigenvalue weighted by atomic mass is 10.2. The fourth-order valence-electron chi connectivity index (χ4n) is 2.71. The summed E-state index contributed by atoms with van der Waals surface area (Å²) < 4.78 is 2.06. The Balaban J connectivity index is 1.88. The van der Waals surface area contributed by atoms with Gasteiger partial charge in [-0.2, -0.15) is 5.10 Å². The minimum absolute atomic E-state index is 0.791. The molecule has 130 valence electrons. The van der Waals surface area contributed by atoms with Crippen molar-refractivity contribution in [3.05, 3.63) is 53.3 Å². The highest BCUT2D eigenvalue weighted by atomic mass is 15.3. The molecule has 0 unspecified atom stereocenters. The summed E-state index contributed by atoms with van der Waals surface area (Å²) in [5.74, 6) is 0.953. The molecule has 0 spiro atoms. The number of rotatable bonds is 7. The molecular formula is C19H29N5. The summed E-state index contributed by atoms with van der Waals surface area (Å²) in [6.07, 6.45) is 0.982. The first kappa shape index (κ1) is 18.0. The molecule has 0 aliphatic heterocycles. The van der Waals surface area contributed by atoms with Crippen LogP contribution in [0, 0.1) is 13.8 Å². The molecule has 0 atom stereocenters. The third kappa shape index (κ3) is 5.41. The van der Waals surface area contributed by atoms with Crippen LogP contribution >= 0.6 is 0 Å². The van der Waals surface area contributed by atoms with E-state index in [9.17, 15) is 0 Å². The van der Waals surface area contributed by atoms with Crippen molar-refractivity contribution in [3.63, 3.8) is 0 Å². The summed E-state index contributed by atoms with van der Waals surface area (Å²) in [5.41, 5.74) is 3.57. The van der Waals surface area contributed by atoms with Crippen molar-refractivity contribution >= 4 is 5.96 Å². The molecule has 5 heteroatoms. The van der Waals surface area contributed by atoms with Crippen molar-refractivity contribution in [1.29, 1.82) is 0 Å². The molecule has 24 heavy (non-hydrogen) atoms. The SMILES string of the molecule is CCNC(=NCCCn1nc(C)cc1C)N(C)Cc1ccccc1. The Bertz CT molecular complexity index is 645. The number of aryl methyl sites for hydroxylation is 3. The van der Waals surface area contributed by atoms with Gasteiger partial charge < -0.3 is 10.2 Å². The Hall–Kier alpha value is -2.30. The Morgan fingerprint density at radius 2 is 2.00 bits per heavy atom. The molecule has 0 saturated carbocycles. The van der Waals surface area contributed by atoms with E-state index in [4.69, 9.17) is 4.99 Å². The highest BCUT2D eigenvalue weighted by Crippen LogP contribution is 2.04. The average Bonchev–Trinajstić information content (AvgIpc) is 2.89. The molecule has 2 rings (SSSR count). The fourth-order valence-corrected chi connectivity index (χ4v) is 2.71. The molecule has 0 amide bonds. The number of hydrogen-bond donors (Lipinski definition) is 1. The Labute approximate surface area is 145 Å². The van der Waals surface area contributed by atoms with Gasteiger partial charge in [0.25, 0.3) is 0 Å². The molecular weight excluding hydrogens is 298 g/mol. The van der Waals surface area contributed by atoms with Gasteiger partial charge in [0.2, 0.25) is 0 Å². The third-order valence-corrected chi connectivity index (χ3v) is 3.85. The topological polar surface area (TPSA) is 45.5 Å². The highest BCUT2D eigenvalue weighted by Gasteiger charge is 2.06. The van der Waals surface area contributed by atoms with Crippen LogP contribution in [0.5, 0.6) is 0 Å². The van der Waals surface area contributed by atoms with Gasteiger partial charge in [0.15, 0.2) is 5.96 Å². The zero-order valence-corrected chi connectivity index (χ0v) is 15.3. The van der Waals surface area contributed by atoms with Gasteiger partial charge in [0.1, 0.15) is 0 Å². The van der Waals surface area contributed by atoms with Crippen LogP contribution in [0.2, 0.25) is 0 Å². The predicted molar refractivity (Wildman–Crippen MR) is 100 cm³/mol. The smallest absolute Gasteiger partial charge is 0.193 e. The molecule has 1 heterocycles. The van der Waals surface area contributed by atoms with Gasteiger partial charge >= 0.3 is 0 Å². The molecule has 1 aromatic carbocycles. The van der Waals surface area contributed by atoms with Gasteiger partial charge in [-0.25, -0.2) is 0 Å². The van der Waals surface area contributed by atoms with Crippen molar-refractivity contribution in [2.45, 2.75) is 40.3 Å². The Morgan fingerprint density at radius 1 is 1.25 bits per heavy atom. The van der Waals surface area contributed by atoms with Gasteiger partial charge in [0, 0.05) is 38.9 Å². The summed E-state index contributed by atoms with van der Waals surface area (Å²) in [4.78, 5) is 6.92. The number of guanidine groups is 1. The van der Waals surface area contributed by atoms with Gasteiger partial charge in [-0.3, -0.25) is 9.67 Å². The van der Waals surface area contributed by atoms with Crippen LogP contribution in [-0.2, 0) is 13.1 Å². The van der Waals surface area contributed by atoms with Crippen LogP contribution in [0.1, 0.15) is 30.3 Å². The molecule has 0 saturated heterocycles. The summed E-state index contributed by atoms with van der Waals surface area (Å²) in [6.45, 7) is 9.65. The summed E-state index contributed by atoms with van der Waals surface area (Å²) in [6, 6.07) is 12.6. The van der Waals surface area contributed by atoms with E-state index in [1.807, 2.05) is 13.0 Å². The number of hydrogen-bond acceptors (Lipinski definition) is 2. The van der Waals surface area contributed by atoms with Gasteiger partial charge in [-0.15, -0.1) is 0 Å². The summed E-state index contributed by atoms with van der Waals surface area (Å²) >= 11 is 0. The van der Waals surface area contributed by atoms with E-state index in [0.29, 0.717) is 0 Å². The molecule has 0 fully saturated rings. The van der Waals surface area contributed by atoms with E-state index < -0.39 is 0 Å². The number of aromatic nitrogens is 2. The maximum absolute atomic E-state index is 4.75. The van der Waals surface area contributed by atoms with Crippen LogP contribution in [0.3, 0.4) is 0 Å². The van der Waals surface area contributed by atoms with Crippen molar-refractivity contribution in [1.82, 2.24) is 20.0 Å². The Morgan fingerprint density at radius 3 is 2.62 bits per heavy atom. The van der Waals surface area contributed by atoms with Gasteiger partial charge in [-0.05, 0) is 38.8 Å². The number of benzene rings is 1. The Kier molecular flexibility index (Phi) is 6.85. The molecule has 1 aromatic heterocycles.